The number of nitrogens with two attached hydrogens (primary N) is 1. The number of nitrogens with zero attached hydrogens (tertiary/aromatic N) is 1. The van der Waals surface area contributed by atoms with E-state index in [9.17, 15) is 4.79 Å². The van der Waals surface area contributed by atoms with Gasteiger partial charge in [-0.1, -0.05) is 20.8 Å². The summed E-state index contributed by atoms with van der Waals surface area (Å²) in [7, 11) is 0. The summed E-state index contributed by atoms with van der Waals surface area (Å²) in [5, 5.41) is 9.79. The highest BCUT2D eigenvalue weighted by atomic mass is 16.1. The Morgan fingerprint density at radius 3 is 2.78 bits per heavy atom. The van der Waals surface area contributed by atoms with Crippen LogP contribution in [0.3, 0.4) is 0 Å². The van der Waals surface area contributed by atoms with Crippen molar-refractivity contribution in [2.24, 2.45) is 11.1 Å². The lowest BCUT2D eigenvalue weighted by Gasteiger charge is -2.15. The zero-order valence-corrected chi connectivity index (χ0v) is 11.7. The minimum atomic E-state index is -0.0406. The molecule has 0 saturated carbocycles. The minimum Gasteiger partial charge on any atom is -0.328 e. The first-order valence-electron chi connectivity index (χ1n) is 6.36. The van der Waals surface area contributed by atoms with Gasteiger partial charge in [0.2, 0.25) is 5.91 Å². The Hall–Kier alpha value is -1.36. The molecule has 0 aliphatic rings. The molecule has 0 spiro atoms. The van der Waals surface area contributed by atoms with Crippen molar-refractivity contribution in [2.75, 3.05) is 5.32 Å². The van der Waals surface area contributed by atoms with Crippen LogP contribution >= 0.6 is 0 Å². The molecule has 5 nitrogen and oxygen atoms in total. The van der Waals surface area contributed by atoms with Crippen LogP contribution in [0, 0.1) is 5.41 Å². The molecule has 1 unspecified atom stereocenters. The molecule has 5 heteroatoms. The number of H-pyrrole nitrogens is 1. The highest BCUT2D eigenvalue weighted by Gasteiger charge is 2.14. The second-order valence-corrected chi connectivity index (χ2v) is 6.08. The zero-order valence-electron chi connectivity index (χ0n) is 11.7. The molecule has 1 atom stereocenters. The standard InChI is InChI=1S/C13H24N4O/c1-9(14)5-6-12(18)15-11-7-10(16-17-11)8-13(2,3)4/h7,9H,5-6,8,14H2,1-4H3,(H2,15,16,17,18). The summed E-state index contributed by atoms with van der Waals surface area (Å²) < 4.78 is 0. The van der Waals surface area contributed by atoms with Gasteiger partial charge >= 0.3 is 0 Å². The van der Waals surface area contributed by atoms with Crippen molar-refractivity contribution in [1.82, 2.24) is 10.2 Å². The van der Waals surface area contributed by atoms with E-state index < -0.39 is 0 Å². The second kappa shape index (κ2) is 6.00. The first-order chi connectivity index (χ1) is 8.26. The molecule has 102 valence electrons. The molecule has 0 aliphatic carbocycles. The van der Waals surface area contributed by atoms with Crippen LogP contribution in [0.25, 0.3) is 0 Å². The highest BCUT2D eigenvalue weighted by Crippen LogP contribution is 2.20. The van der Waals surface area contributed by atoms with E-state index in [0.717, 1.165) is 12.1 Å². The Morgan fingerprint density at radius 2 is 2.22 bits per heavy atom. The number of aromatic amines is 1. The predicted molar refractivity (Wildman–Crippen MR) is 73.3 cm³/mol. The van der Waals surface area contributed by atoms with Crippen molar-refractivity contribution < 1.29 is 4.79 Å². The molecule has 1 rings (SSSR count). The maximum atomic E-state index is 11.6. The van der Waals surface area contributed by atoms with Crippen molar-refractivity contribution in [3.05, 3.63) is 11.8 Å². The smallest absolute Gasteiger partial charge is 0.225 e. The molecule has 1 amide bonds. The first-order valence-corrected chi connectivity index (χ1v) is 6.36. The van der Waals surface area contributed by atoms with Gasteiger partial charge in [0.15, 0.2) is 5.82 Å². The molecule has 18 heavy (non-hydrogen) atoms. The molecule has 4 N–H and O–H groups in total. The molecule has 1 aromatic heterocycles. The second-order valence-electron chi connectivity index (χ2n) is 6.08. The summed E-state index contributed by atoms with van der Waals surface area (Å²) in [4.78, 5) is 11.6. The van der Waals surface area contributed by atoms with Crippen LogP contribution in [0.1, 0.15) is 46.2 Å². The Bertz CT molecular complexity index is 390. The van der Waals surface area contributed by atoms with Crippen LogP contribution in [-0.2, 0) is 11.2 Å². The monoisotopic (exact) mass is 252 g/mol. The van der Waals surface area contributed by atoms with Crippen molar-refractivity contribution in [2.45, 2.75) is 53.0 Å². The number of anilines is 1. The minimum absolute atomic E-state index is 0.0406. The van der Waals surface area contributed by atoms with Crippen LogP contribution < -0.4 is 11.1 Å². The molecular weight excluding hydrogens is 228 g/mol. The fourth-order valence-corrected chi connectivity index (χ4v) is 1.65. The van der Waals surface area contributed by atoms with E-state index in [1.54, 1.807) is 0 Å². The average Bonchev–Trinajstić information content (AvgIpc) is 2.59. The molecule has 0 aliphatic heterocycles. The Labute approximate surface area is 109 Å². The molecular formula is C13H24N4O. The summed E-state index contributed by atoms with van der Waals surface area (Å²) in [6, 6.07) is 1.93. The van der Waals surface area contributed by atoms with Crippen LogP contribution in [0.15, 0.2) is 6.07 Å². The number of carbonyl (C=O) groups excluding carboxylic acids is 1. The third-order valence-electron chi connectivity index (χ3n) is 2.45. The SMILES string of the molecule is CC(N)CCC(=O)Nc1cc(CC(C)(C)C)[nH]n1. The number of nitrogens with one attached hydrogen (secondary N) is 2. The van der Waals surface area contributed by atoms with E-state index in [2.05, 4.69) is 36.3 Å². The van der Waals surface area contributed by atoms with Gasteiger partial charge in [0.05, 0.1) is 0 Å². The number of amides is 1. The molecule has 0 aromatic carbocycles. The van der Waals surface area contributed by atoms with Crippen molar-refractivity contribution in [3.63, 3.8) is 0 Å². The number of rotatable bonds is 5. The highest BCUT2D eigenvalue weighted by molar-refractivity contribution is 5.89. The lowest BCUT2D eigenvalue weighted by atomic mass is 9.91. The summed E-state index contributed by atoms with van der Waals surface area (Å²) in [6.07, 6.45) is 2.01. The average molecular weight is 252 g/mol. The Balaban J connectivity index is 2.46. The topological polar surface area (TPSA) is 83.8 Å². The van der Waals surface area contributed by atoms with E-state index in [-0.39, 0.29) is 17.4 Å². The Kier molecular flexibility index (Phi) is 4.90. The van der Waals surface area contributed by atoms with Crippen LogP contribution in [0.2, 0.25) is 0 Å². The number of carbonyl (C=O) groups is 1. The molecule has 0 saturated heterocycles. The Morgan fingerprint density at radius 1 is 1.56 bits per heavy atom. The van der Waals surface area contributed by atoms with E-state index in [0.29, 0.717) is 18.7 Å². The molecule has 0 radical (unpaired) electrons. The maximum absolute atomic E-state index is 11.6. The lowest BCUT2D eigenvalue weighted by molar-refractivity contribution is -0.116. The van der Waals surface area contributed by atoms with Gasteiger partial charge in [-0.15, -0.1) is 0 Å². The number of aromatic nitrogens is 2. The lowest BCUT2D eigenvalue weighted by Crippen LogP contribution is -2.19. The van der Waals surface area contributed by atoms with Crippen molar-refractivity contribution in [1.29, 1.82) is 0 Å². The number of hydrogen-bond acceptors (Lipinski definition) is 3. The fourth-order valence-electron chi connectivity index (χ4n) is 1.65. The van der Waals surface area contributed by atoms with Gasteiger partial charge in [-0.25, -0.2) is 0 Å². The van der Waals surface area contributed by atoms with E-state index in [4.69, 9.17) is 5.73 Å². The van der Waals surface area contributed by atoms with Crippen molar-refractivity contribution >= 4 is 11.7 Å². The van der Waals surface area contributed by atoms with Gasteiger partial charge in [-0.05, 0) is 25.2 Å². The summed E-state index contributed by atoms with van der Waals surface area (Å²) in [5.74, 6) is 0.546. The third-order valence-corrected chi connectivity index (χ3v) is 2.45. The quantitative estimate of drug-likeness (QED) is 0.750. The van der Waals surface area contributed by atoms with E-state index in [1.807, 2.05) is 13.0 Å². The van der Waals surface area contributed by atoms with Gasteiger partial charge in [0.25, 0.3) is 0 Å². The summed E-state index contributed by atoms with van der Waals surface area (Å²) >= 11 is 0. The van der Waals surface area contributed by atoms with Gasteiger partial charge < -0.3 is 11.1 Å². The zero-order chi connectivity index (χ0) is 13.8. The predicted octanol–water partition coefficient (Wildman–Crippen LogP) is 2.06. The van der Waals surface area contributed by atoms with Gasteiger partial charge in [0, 0.05) is 24.2 Å². The van der Waals surface area contributed by atoms with Crippen LogP contribution in [-0.4, -0.2) is 22.1 Å². The van der Waals surface area contributed by atoms with Crippen molar-refractivity contribution in [3.8, 4) is 0 Å². The molecule has 1 aromatic rings. The van der Waals surface area contributed by atoms with Crippen LogP contribution in [0.5, 0.6) is 0 Å². The van der Waals surface area contributed by atoms with Gasteiger partial charge in [-0.2, -0.15) is 5.10 Å². The maximum Gasteiger partial charge on any atom is 0.225 e. The molecule has 0 bridgehead atoms. The van der Waals surface area contributed by atoms with Gasteiger partial charge in [0.1, 0.15) is 0 Å². The number of hydrogen-bond donors (Lipinski definition) is 3. The third kappa shape index (κ3) is 5.82. The normalized spacial score (nSPS) is 13.4. The molecule has 0 fully saturated rings. The van der Waals surface area contributed by atoms with Crippen LogP contribution in [0.4, 0.5) is 5.82 Å². The van der Waals surface area contributed by atoms with Gasteiger partial charge in [-0.3, -0.25) is 9.89 Å². The van der Waals surface area contributed by atoms with E-state index >= 15 is 0 Å². The molecule has 1 heterocycles. The largest absolute Gasteiger partial charge is 0.328 e. The first kappa shape index (κ1) is 14.7. The van der Waals surface area contributed by atoms with E-state index in [1.165, 1.54) is 0 Å². The summed E-state index contributed by atoms with van der Waals surface area (Å²) in [5.41, 5.74) is 6.84. The fraction of sp³-hybridized carbons (Fsp3) is 0.692. The summed E-state index contributed by atoms with van der Waals surface area (Å²) in [6.45, 7) is 8.38.